The standard InChI is InChI=1S/C17H22F2O/c1-5-6-7-12-20-14-9-8-13(15(18)16(14)19)10-11-17(2,3)4/h8-9H,5-7,12H2,1-4H3. The summed E-state index contributed by atoms with van der Waals surface area (Å²) in [5.41, 5.74) is -0.184. The predicted octanol–water partition coefficient (Wildman–Crippen LogP) is 4.93. The van der Waals surface area contributed by atoms with Gasteiger partial charge in [-0.2, -0.15) is 4.39 Å². The number of ether oxygens (including phenoxy) is 1. The zero-order valence-corrected chi connectivity index (χ0v) is 12.6. The van der Waals surface area contributed by atoms with E-state index in [0.29, 0.717) is 6.61 Å². The second kappa shape index (κ2) is 7.28. The van der Waals surface area contributed by atoms with E-state index in [2.05, 4.69) is 18.8 Å². The van der Waals surface area contributed by atoms with Crippen LogP contribution in [0, 0.1) is 28.9 Å². The molecule has 0 N–H and O–H groups in total. The molecule has 0 aliphatic rings. The number of halogens is 2. The van der Waals surface area contributed by atoms with Crippen LogP contribution in [0.1, 0.15) is 52.5 Å². The SMILES string of the molecule is CCCCCOc1ccc(C#CC(C)(C)C)c(F)c1F. The molecule has 0 bridgehead atoms. The van der Waals surface area contributed by atoms with Gasteiger partial charge in [0.25, 0.3) is 0 Å². The smallest absolute Gasteiger partial charge is 0.201 e. The van der Waals surface area contributed by atoms with Crippen LogP contribution >= 0.6 is 0 Å². The van der Waals surface area contributed by atoms with Crippen LogP contribution in [0.3, 0.4) is 0 Å². The molecule has 0 fully saturated rings. The maximum Gasteiger partial charge on any atom is 0.201 e. The monoisotopic (exact) mass is 280 g/mol. The minimum absolute atomic E-state index is 0.0417. The largest absolute Gasteiger partial charge is 0.490 e. The number of hydrogen-bond acceptors (Lipinski definition) is 1. The second-order valence-corrected chi connectivity index (χ2v) is 5.79. The first-order valence-electron chi connectivity index (χ1n) is 6.99. The molecule has 1 nitrogen and oxygen atoms in total. The predicted molar refractivity (Wildman–Crippen MR) is 77.7 cm³/mol. The second-order valence-electron chi connectivity index (χ2n) is 5.79. The van der Waals surface area contributed by atoms with Crippen LogP contribution in [0.4, 0.5) is 8.78 Å². The first kappa shape index (κ1) is 16.5. The van der Waals surface area contributed by atoms with E-state index in [9.17, 15) is 8.78 Å². The lowest BCUT2D eigenvalue weighted by atomic mass is 9.97. The summed E-state index contributed by atoms with van der Waals surface area (Å²) in [6.45, 7) is 8.22. The minimum atomic E-state index is -0.956. The molecule has 1 aromatic rings. The van der Waals surface area contributed by atoms with E-state index in [1.807, 2.05) is 20.8 Å². The van der Waals surface area contributed by atoms with Crippen LogP contribution in [0.2, 0.25) is 0 Å². The van der Waals surface area contributed by atoms with Gasteiger partial charge >= 0.3 is 0 Å². The van der Waals surface area contributed by atoms with E-state index in [0.717, 1.165) is 19.3 Å². The van der Waals surface area contributed by atoms with Crippen LogP contribution in [0.15, 0.2) is 12.1 Å². The van der Waals surface area contributed by atoms with E-state index >= 15 is 0 Å². The quantitative estimate of drug-likeness (QED) is 0.549. The average Bonchev–Trinajstić information content (AvgIpc) is 2.37. The van der Waals surface area contributed by atoms with Crippen molar-refractivity contribution in [2.24, 2.45) is 5.41 Å². The van der Waals surface area contributed by atoms with Crippen LogP contribution in [-0.2, 0) is 0 Å². The van der Waals surface area contributed by atoms with Gasteiger partial charge in [0.1, 0.15) is 0 Å². The Morgan fingerprint density at radius 3 is 2.40 bits per heavy atom. The number of unbranched alkanes of at least 4 members (excludes halogenated alkanes) is 2. The number of benzene rings is 1. The van der Waals surface area contributed by atoms with Gasteiger partial charge in [0.2, 0.25) is 5.82 Å². The van der Waals surface area contributed by atoms with Gasteiger partial charge < -0.3 is 4.74 Å². The van der Waals surface area contributed by atoms with Crippen molar-refractivity contribution >= 4 is 0 Å². The Morgan fingerprint density at radius 2 is 1.80 bits per heavy atom. The van der Waals surface area contributed by atoms with Crippen molar-refractivity contribution < 1.29 is 13.5 Å². The highest BCUT2D eigenvalue weighted by Crippen LogP contribution is 2.23. The van der Waals surface area contributed by atoms with Gasteiger partial charge in [0.15, 0.2) is 11.6 Å². The highest BCUT2D eigenvalue weighted by atomic mass is 19.2. The maximum atomic E-state index is 13.9. The summed E-state index contributed by atoms with van der Waals surface area (Å²) in [4.78, 5) is 0. The summed E-state index contributed by atoms with van der Waals surface area (Å²) in [7, 11) is 0. The van der Waals surface area contributed by atoms with Gasteiger partial charge in [-0.15, -0.1) is 0 Å². The molecule has 0 saturated heterocycles. The molecule has 1 rings (SSSR count). The summed E-state index contributed by atoms with van der Waals surface area (Å²) in [6, 6.07) is 2.91. The van der Waals surface area contributed by atoms with Gasteiger partial charge in [0.05, 0.1) is 12.2 Å². The lowest BCUT2D eigenvalue weighted by Gasteiger charge is -2.09. The van der Waals surface area contributed by atoms with Crippen molar-refractivity contribution in [2.75, 3.05) is 6.61 Å². The Bertz CT molecular complexity index is 504. The summed E-state index contributed by atoms with van der Waals surface area (Å²) < 4.78 is 32.9. The van der Waals surface area contributed by atoms with Crippen molar-refractivity contribution in [3.05, 3.63) is 29.3 Å². The minimum Gasteiger partial charge on any atom is -0.490 e. The molecule has 0 saturated carbocycles. The molecular formula is C17H22F2O. The fraction of sp³-hybridized carbons (Fsp3) is 0.529. The molecule has 0 heterocycles. The van der Waals surface area contributed by atoms with Crippen molar-refractivity contribution in [1.82, 2.24) is 0 Å². The molecule has 3 heteroatoms. The molecule has 0 aliphatic heterocycles. The molecule has 110 valence electrons. The summed E-state index contributed by atoms with van der Waals surface area (Å²) in [5.74, 6) is 3.63. The lowest BCUT2D eigenvalue weighted by Crippen LogP contribution is -2.03. The van der Waals surface area contributed by atoms with Crippen molar-refractivity contribution in [1.29, 1.82) is 0 Å². The Morgan fingerprint density at radius 1 is 1.10 bits per heavy atom. The van der Waals surface area contributed by atoms with Gasteiger partial charge in [-0.25, -0.2) is 4.39 Å². The molecule has 0 unspecified atom stereocenters. The van der Waals surface area contributed by atoms with Gasteiger partial charge in [-0.1, -0.05) is 31.6 Å². The van der Waals surface area contributed by atoms with Crippen molar-refractivity contribution in [3.63, 3.8) is 0 Å². The van der Waals surface area contributed by atoms with E-state index < -0.39 is 11.6 Å². The average molecular weight is 280 g/mol. The topological polar surface area (TPSA) is 9.23 Å². The molecular weight excluding hydrogens is 258 g/mol. The molecule has 0 spiro atoms. The van der Waals surface area contributed by atoms with Crippen LogP contribution < -0.4 is 4.74 Å². The van der Waals surface area contributed by atoms with Crippen LogP contribution in [-0.4, -0.2) is 6.61 Å². The molecule has 0 atom stereocenters. The fourth-order valence-electron chi connectivity index (χ4n) is 1.53. The van der Waals surface area contributed by atoms with Crippen molar-refractivity contribution in [2.45, 2.75) is 47.0 Å². The first-order chi connectivity index (χ1) is 9.35. The van der Waals surface area contributed by atoms with Gasteiger partial charge in [-0.3, -0.25) is 0 Å². The Hall–Kier alpha value is -1.56. The molecule has 0 radical (unpaired) electrons. The molecule has 0 aliphatic carbocycles. The van der Waals surface area contributed by atoms with Gasteiger partial charge in [-0.05, 0) is 39.3 Å². The Labute approximate surface area is 120 Å². The maximum absolute atomic E-state index is 13.9. The zero-order valence-electron chi connectivity index (χ0n) is 12.6. The van der Waals surface area contributed by atoms with Crippen molar-refractivity contribution in [3.8, 4) is 17.6 Å². The Balaban J connectivity index is 2.83. The molecule has 1 aromatic carbocycles. The third-order valence-corrected chi connectivity index (χ3v) is 2.62. The van der Waals surface area contributed by atoms with E-state index in [1.165, 1.54) is 12.1 Å². The lowest BCUT2D eigenvalue weighted by molar-refractivity contribution is 0.286. The summed E-state index contributed by atoms with van der Waals surface area (Å²) in [5, 5.41) is 0. The Kier molecular flexibility index (Phi) is 6.01. The number of rotatable bonds is 5. The third-order valence-electron chi connectivity index (χ3n) is 2.62. The summed E-state index contributed by atoms with van der Waals surface area (Å²) >= 11 is 0. The van der Waals surface area contributed by atoms with Crippen LogP contribution in [0.25, 0.3) is 0 Å². The summed E-state index contributed by atoms with van der Waals surface area (Å²) in [6.07, 6.45) is 2.91. The van der Waals surface area contributed by atoms with Crippen LogP contribution in [0.5, 0.6) is 5.75 Å². The third kappa shape index (κ3) is 5.21. The van der Waals surface area contributed by atoms with E-state index in [4.69, 9.17) is 4.74 Å². The first-order valence-corrected chi connectivity index (χ1v) is 6.99. The molecule has 0 amide bonds. The highest BCUT2D eigenvalue weighted by molar-refractivity contribution is 5.41. The van der Waals surface area contributed by atoms with Gasteiger partial charge in [0, 0.05) is 5.41 Å². The normalized spacial score (nSPS) is 10.9. The molecule has 20 heavy (non-hydrogen) atoms. The zero-order chi connectivity index (χ0) is 15.2. The number of hydrogen-bond donors (Lipinski definition) is 0. The highest BCUT2D eigenvalue weighted by Gasteiger charge is 2.14. The molecule has 0 aromatic heterocycles. The fourth-order valence-corrected chi connectivity index (χ4v) is 1.53. The van der Waals surface area contributed by atoms with E-state index in [1.54, 1.807) is 0 Å². The van der Waals surface area contributed by atoms with E-state index in [-0.39, 0.29) is 16.7 Å².